The number of amidine groups is 1. The summed E-state index contributed by atoms with van der Waals surface area (Å²) in [5, 5.41) is 3.45. The Morgan fingerprint density at radius 1 is 0.912 bits per heavy atom. The minimum Gasteiger partial charge on any atom is -0.380 e. The summed E-state index contributed by atoms with van der Waals surface area (Å²) >= 11 is 3.65. The molecule has 4 aromatic rings. The highest BCUT2D eigenvalue weighted by Gasteiger charge is 2.41. The second-order valence-corrected chi connectivity index (χ2v) is 9.05. The minimum absolute atomic E-state index is 0.214. The number of nitrogens with one attached hydrogen (secondary N) is 2. The summed E-state index contributed by atoms with van der Waals surface area (Å²) < 4.78 is 6.28. The van der Waals surface area contributed by atoms with Gasteiger partial charge in [0, 0.05) is 34.1 Å². The lowest BCUT2D eigenvalue weighted by Gasteiger charge is -2.38. The third-order valence-corrected chi connectivity index (χ3v) is 7.26. The molecule has 0 radical (unpaired) electrons. The van der Waals surface area contributed by atoms with E-state index in [-0.39, 0.29) is 12.2 Å². The third kappa shape index (κ3) is 3.59. The lowest BCUT2D eigenvalue weighted by molar-refractivity contribution is 0.184. The van der Waals surface area contributed by atoms with Crippen LogP contribution < -0.4 is 10.9 Å². The van der Waals surface area contributed by atoms with Crippen LogP contribution in [-0.4, -0.2) is 17.9 Å². The Hall–Kier alpha value is -3.48. The molecule has 2 N–H and O–H groups in total. The summed E-state index contributed by atoms with van der Waals surface area (Å²) in [6, 6.07) is 28.5. The van der Waals surface area contributed by atoms with Gasteiger partial charge in [-0.1, -0.05) is 78.9 Å². The Bertz CT molecular complexity index is 1390. The first kappa shape index (κ1) is 22.3. The fraction of sp³-hybridized carbons (Fsp3) is 0.143. The van der Waals surface area contributed by atoms with Gasteiger partial charge in [-0.05, 0) is 40.0 Å². The number of hydrogen-bond donors (Lipinski definition) is 2. The molecule has 0 atom stereocenters. The van der Waals surface area contributed by atoms with E-state index in [9.17, 15) is 4.79 Å². The van der Waals surface area contributed by atoms with Crippen LogP contribution in [0, 0.1) is 6.92 Å². The molecule has 0 amide bonds. The van der Waals surface area contributed by atoms with Crippen LogP contribution in [0.5, 0.6) is 0 Å². The highest BCUT2D eigenvalue weighted by molar-refractivity contribution is 9.10. The molecule has 0 saturated carbocycles. The van der Waals surface area contributed by atoms with Gasteiger partial charge in [0.1, 0.15) is 11.4 Å². The first-order valence-corrected chi connectivity index (χ1v) is 11.8. The monoisotopic (exact) mass is 513 g/mol. The molecule has 5 nitrogen and oxygen atoms in total. The van der Waals surface area contributed by atoms with Crippen LogP contribution in [0.4, 0.5) is 5.69 Å². The van der Waals surface area contributed by atoms with Crippen LogP contribution >= 0.6 is 15.9 Å². The number of halogens is 1. The van der Waals surface area contributed by atoms with Gasteiger partial charge in [-0.3, -0.25) is 4.79 Å². The van der Waals surface area contributed by atoms with Gasteiger partial charge < -0.3 is 15.0 Å². The summed E-state index contributed by atoms with van der Waals surface area (Å²) in [6.45, 7) is 2.13. The van der Waals surface area contributed by atoms with Gasteiger partial charge in [-0.2, -0.15) is 0 Å². The van der Waals surface area contributed by atoms with E-state index in [4.69, 9.17) is 9.73 Å². The van der Waals surface area contributed by atoms with Crippen LogP contribution in [0.2, 0.25) is 0 Å². The van der Waals surface area contributed by atoms with Crippen LogP contribution in [-0.2, 0) is 16.9 Å². The normalized spacial score (nSPS) is 14.1. The molecule has 3 aromatic carbocycles. The zero-order valence-corrected chi connectivity index (χ0v) is 20.5. The number of methoxy groups -OCH3 is 1. The number of fused-ring (bicyclic) bond motifs is 1. The molecule has 34 heavy (non-hydrogen) atoms. The molecule has 0 unspecified atom stereocenters. The molecule has 1 aromatic heterocycles. The van der Waals surface area contributed by atoms with Crippen molar-refractivity contribution in [1.29, 1.82) is 0 Å². The van der Waals surface area contributed by atoms with Gasteiger partial charge in [0.25, 0.3) is 5.56 Å². The number of ether oxygens (including phenoxy) is 1. The van der Waals surface area contributed by atoms with E-state index >= 15 is 0 Å². The predicted octanol–water partition coefficient (Wildman–Crippen LogP) is 5.76. The number of aromatic nitrogens is 1. The maximum absolute atomic E-state index is 13.3. The summed E-state index contributed by atoms with van der Waals surface area (Å²) in [5.41, 5.74) is 4.87. The molecule has 0 fully saturated rings. The summed E-state index contributed by atoms with van der Waals surface area (Å²) in [4.78, 5) is 21.6. The number of anilines is 1. The number of aryl methyl sites for hydroxylation is 1. The van der Waals surface area contributed by atoms with E-state index in [0.717, 1.165) is 38.1 Å². The van der Waals surface area contributed by atoms with E-state index in [2.05, 4.69) is 56.6 Å². The Labute approximate surface area is 206 Å². The summed E-state index contributed by atoms with van der Waals surface area (Å²) in [5.74, 6) is 0.500. The van der Waals surface area contributed by atoms with Crippen molar-refractivity contribution >= 4 is 27.5 Å². The average Bonchev–Trinajstić information content (AvgIpc) is 2.87. The molecule has 2 heterocycles. The molecule has 0 spiro atoms. The number of aromatic amines is 1. The van der Waals surface area contributed by atoms with Crippen LogP contribution in [0.15, 0.2) is 99.2 Å². The topological polar surface area (TPSA) is 66.5 Å². The number of pyridine rings is 1. The van der Waals surface area contributed by atoms with E-state index in [0.29, 0.717) is 11.4 Å². The van der Waals surface area contributed by atoms with Gasteiger partial charge in [0.2, 0.25) is 0 Å². The SMILES string of the molecule is COCc1c(Br)c(C)[nH]c(=O)c1C1=NC(c2ccccc2)(c2ccccc2)c2ccccc2N1. The van der Waals surface area contributed by atoms with Gasteiger partial charge in [0.15, 0.2) is 0 Å². The number of H-pyrrole nitrogens is 1. The molecule has 0 saturated heterocycles. The molecule has 0 aliphatic carbocycles. The van der Waals surface area contributed by atoms with E-state index in [1.54, 1.807) is 7.11 Å². The lowest BCUT2D eigenvalue weighted by atomic mass is 9.75. The van der Waals surface area contributed by atoms with Crippen molar-refractivity contribution < 1.29 is 4.74 Å². The van der Waals surface area contributed by atoms with Crippen molar-refractivity contribution in [2.75, 3.05) is 12.4 Å². The van der Waals surface area contributed by atoms with Gasteiger partial charge >= 0.3 is 0 Å². The Kier molecular flexibility index (Phi) is 5.94. The number of nitrogens with zero attached hydrogens (tertiary/aromatic N) is 1. The fourth-order valence-electron chi connectivity index (χ4n) is 4.67. The minimum atomic E-state index is -0.839. The lowest BCUT2D eigenvalue weighted by Crippen LogP contribution is -2.38. The van der Waals surface area contributed by atoms with Crippen molar-refractivity contribution in [2.45, 2.75) is 19.1 Å². The number of benzene rings is 3. The van der Waals surface area contributed by atoms with Crippen LogP contribution in [0.1, 0.15) is 33.5 Å². The van der Waals surface area contributed by atoms with Crippen molar-refractivity contribution in [3.05, 3.63) is 133 Å². The standard InChI is InChI=1S/C28H24BrN3O2/c1-18-25(29)21(17-34-2)24(27(33)30-18)26-31-23-16-10-9-15-22(23)28(32-26,19-11-5-3-6-12-19)20-13-7-4-8-14-20/h3-16H,17H2,1-2H3,(H,30,33)(H,31,32). The number of rotatable bonds is 5. The maximum Gasteiger partial charge on any atom is 0.259 e. The summed E-state index contributed by atoms with van der Waals surface area (Å²) in [7, 11) is 1.62. The van der Waals surface area contributed by atoms with Crippen molar-refractivity contribution in [2.24, 2.45) is 4.99 Å². The number of hydrogen-bond acceptors (Lipinski definition) is 4. The zero-order valence-electron chi connectivity index (χ0n) is 18.9. The Morgan fingerprint density at radius 3 is 2.12 bits per heavy atom. The molecule has 6 heteroatoms. The maximum atomic E-state index is 13.3. The summed E-state index contributed by atoms with van der Waals surface area (Å²) in [6.07, 6.45) is 0. The molecule has 170 valence electrons. The Balaban J connectivity index is 1.89. The zero-order chi connectivity index (χ0) is 23.7. The van der Waals surface area contributed by atoms with Crippen molar-refractivity contribution in [1.82, 2.24) is 4.98 Å². The van der Waals surface area contributed by atoms with E-state index < -0.39 is 5.54 Å². The van der Waals surface area contributed by atoms with Crippen molar-refractivity contribution in [3.63, 3.8) is 0 Å². The van der Waals surface area contributed by atoms with Crippen LogP contribution in [0.25, 0.3) is 0 Å². The Morgan fingerprint density at radius 2 is 1.50 bits per heavy atom. The largest absolute Gasteiger partial charge is 0.380 e. The fourth-order valence-corrected chi connectivity index (χ4v) is 5.08. The van der Waals surface area contributed by atoms with E-state index in [1.165, 1.54) is 0 Å². The molecule has 1 aliphatic heterocycles. The highest BCUT2D eigenvalue weighted by atomic mass is 79.9. The van der Waals surface area contributed by atoms with Gasteiger partial charge in [-0.25, -0.2) is 4.99 Å². The quantitative estimate of drug-likeness (QED) is 0.356. The third-order valence-electron chi connectivity index (χ3n) is 6.18. The predicted molar refractivity (Wildman–Crippen MR) is 140 cm³/mol. The van der Waals surface area contributed by atoms with Crippen LogP contribution in [0.3, 0.4) is 0 Å². The second-order valence-electron chi connectivity index (χ2n) is 8.25. The highest BCUT2D eigenvalue weighted by Crippen LogP contribution is 2.46. The van der Waals surface area contributed by atoms with Gasteiger partial charge in [0.05, 0.1) is 12.2 Å². The van der Waals surface area contributed by atoms with Crippen molar-refractivity contribution in [3.8, 4) is 0 Å². The molecule has 0 bridgehead atoms. The first-order chi connectivity index (χ1) is 16.6. The molecule has 1 aliphatic rings. The molecule has 5 rings (SSSR count). The number of aliphatic imine (C=N–C) groups is 1. The second kappa shape index (κ2) is 9.05. The number of para-hydroxylation sites is 1. The first-order valence-electron chi connectivity index (χ1n) is 11.0. The smallest absolute Gasteiger partial charge is 0.259 e. The average molecular weight is 514 g/mol. The molecular formula is C28H24BrN3O2. The molecular weight excluding hydrogens is 490 g/mol. The van der Waals surface area contributed by atoms with E-state index in [1.807, 2.05) is 61.5 Å². The van der Waals surface area contributed by atoms with Gasteiger partial charge in [-0.15, -0.1) is 0 Å².